The van der Waals surface area contributed by atoms with E-state index in [-0.39, 0.29) is 0 Å². The van der Waals surface area contributed by atoms with Crippen molar-refractivity contribution in [2.45, 2.75) is 46.2 Å². The molecule has 1 aromatic rings. The third kappa shape index (κ3) is 5.28. The van der Waals surface area contributed by atoms with Crippen LogP contribution in [0.3, 0.4) is 0 Å². The predicted octanol–water partition coefficient (Wildman–Crippen LogP) is 1.51. The number of nitrogens with zero attached hydrogens (tertiary/aromatic N) is 4. The Labute approximate surface area is 116 Å². The quantitative estimate of drug-likeness (QED) is 0.812. The smallest absolute Gasteiger partial charge is 0.0964 e. The molecule has 2 rings (SSSR count). The molecular formula is C14H27N5. The van der Waals surface area contributed by atoms with Crippen LogP contribution in [-0.4, -0.2) is 46.1 Å². The summed E-state index contributed by atoms with van der Waals surface area (Å²) < 4.78 is 1.97. The monoisotopic (exact) mass is 265 g/mol. The van der Waals surface area contributed by atoms with E-state index in [1.807, 2.05) is 4.68 Å². The third-order valence-electron chi connectivity index (χ3n) is 3.54. The summed E-state index contributed by atoms with van der Waals surface area (Å²) in [5.41, 5.74) is 1.04. The van der Waals surface area contributed by atoms with Crippen molar-refractivity contribution in [3.63, 3.8) is 0 Å². The second-order valence-corrected chi connectivity index (χ2v) is 5.90. The van der Waals surface area contributed by atoms with Gasteiger partial charge in [0.15, 0.2) is 0 Å². The maximum absolute atomic E-state index is 4.21. The number of piperidine rings is 1. The van der Waals surface area contributed by atoms with Gasteiger partial charge in [-0.1, -0.05) is 25.5 Å². The average Bonchev–Trinajstić information content (AvgIpc) is 2.85. The molecule has 2 heterocycles. The highest BCUT2D eigenvalue weighted by Crippen LogP contribution is 2.08. The maximum atomic E-state index is 4.21. The number of hydrogen-bond acceptors (Lipinski definition) is 4. The number of hydrogen-bond donors (Lipinski definition) is 1. The van der Waals surface area contributed by atoms with Crippen LogP contribution < -0.4 is 5.32 Å². The topological polar surface area (TPSA) is 46.0 Å². The van der Waals surface area contributed by atoms with Crippen molar-refractivity contribution < 1.29 is 0 Å². The highest BCUT2D eigenvalue weighted by atomic mass is 15.4. The van der Waals surface area contributed by atoms with Crippen molar-refractivity contribution in [3.8, 4) is 0 Å². The molecule has 1 N–H and O–H groups in total. The molecule has 1 saturated heterocycles. The maximum Gasteiger partial charge on any atom is 0.0964 e. The van der Waals surface area contributed by atoms with Crippen molar-refractivity contribution in [2.75, 3.05) is 26.2 Å². The Balaban J connectivity index is 1.68. The largest absolute Gasteiger partial charge is 0.311 e. The molecule has 108 valence electrons. The summed E-state index contributed by atoms with van der Waals surface area (Å²) in [7, 11) is 0. The van der Waals surface area contributed by atoms with Crippen LogP contribution >= 0.6 is 0 Å². The van der Waals surface area contributed by atoms with Crippen molar-refractivity contribution in [2.24, 2.45) is 5.92 Å². The van der Waals surface area contributed by atoms with Crippen molar-refractivity contribution >= 4 is 0 Å². The minimum Gasteiger partial charge on any atom is -0.311 e. The van der Waals surface area contributed by atoms with Gasteiger partial charge in [0, 0.05) is 19.3 Å². The zero-order valence-electron chi connectivity index (χ0n) is 12.3. The van der Waals surface area contributed by atoms with E-state index in [2.05, 4.69) is 40.6 Å². The Morgan fingerprint density at radius 1 is 1.21 bits per heavy atom. The van der Waals surface area contributed by atoms with E-state index < -0.39 is 0 Å². The zero-order valence-corrected chi connectivity index (χ0v) is 12.3. The van der Waals surface area contributed by atoms with Gasteiger partial charge in [-0.3, -0.25) is 4.68 Å². The summed E-state index contributed by atoms with van der Waals surface area (Å²) in [4.78, 5) is 2.53. The molecule has 1 aliphatic rings. The van der Waals surface area contributed by atoms with Gasteiger partial charge >= 0.3 is 0 Å². The van der Waals surface area contributed by atoms with Crippen LogP contribution in [0.15, 0.2) is 6.20 Å². The number of likely N-dealkylation sites (tertiary alicyclic amines) is 1. The molecule has 0 saturated carbocycles. The van der Waals surface area contributed by atoms with Crippen LogP contribution in [0, 0.1) is 5.92 Å². The number of nitrogens with one attached hydrogen (secondary N) is 1. The fourth-order valence-electron chi connectivity index (χ4n) is 2.44. The van der Waals surface area contributed by atoms with E-state index in [9.17, 15) is 0 Å². The average molecular weight is 265 g/mol. The minimum absolute atomic E-state index is 0.675. The van der Waals surface area contributed by atoms with Gasteiger partial charge in [0.25, 0.3) is 0 Å². The van der Waals surface area contributed by atoms with Crippen LogP contribution in [0.5, 0.6) is 0 Å². The first-order chi connectivity index (χ1) is 9.24. The Hall–Kier alpha value is -0.940. The lowest BCUT2D eigenvalue weighted by Gasteiger charge is -2.25. The normalized spacial score (nSPS) is 17.2. The minimum atomic E-state index is 0.675. The van der Waals surface area contributed by atoms with Crippen LogP contribution in [0.4, 0.5) is 0 Å². The van der Waals surface area contributed by atoms with Crippen molar-refractivity contribution in [3.05, 3.63) is 11.9 Å². The first-order valence-corrected chi connectivity index (χ1v) is 7.56. The van der Waals surface area contributed by atoms with Gasteiger partial charge in [-0.05, 0) is 38.4 Å². The molecule has 1 aromatic heterocycles. The van der Waals surface area contributed by atoms with Gasteiger partial charge in [0.1, 0.15) is 0 Å². The molecule has 0 aromatic carbocycles. The standard InChI is InChI=1S/C14H27N5/c1-13(2)10-15-11-14-12-19(17-16-14)9-8-18-6-4-3-5-7-18/h12-13,15H,3-11H2,1-2H3. The van der Waals surface area contributed by atoms with Gasteiger partial charge in [0.05, 0.1) is 12.2 Å². The van der Waals surface area contributed by atoms with Gasteiger partial charge in [0.2, 0.25) is 0 Å². The first-order valence-electron chi connectivity index (χ1n) is 7.56. The molecule has 0 radical (unpaired) electrons. The van der Waals surface area contributed by atoms with Crippen molar-refractivity contribution in [1.82, 2.24) is 25.2 Å². The lowest BCUT2D eigenvalue weighted by atomic mass is 10.1. The van der Waals surface area contributed by atoms with Crippen LogP contribution in [0.25, 0.3) is 0 Å². The summed E-state index contributed by atoms with van der Waals surface area (Å²) in [5.74, 6) is 0.675. The predicted molar refractivity (Wildman–Crippen MR) is 76.9 cm³/mol. The molecule has 0 bridgehead atoms. The molecular weight excluding hydrogens is 238 g/mol. The molecule has 0 atom stereocenters. The highest BCUT2D eigenvalue weighted by molar-refractivity contribution is 4.91. The Morgan fingerprint density at radius 3 is 2.74 bits per heavy atom. The van der Waals surface area contributed by atoms with Crippen LogP contribution in [0.2, 0.25) is 0 Å². The van der Waals surface area contributed by atoms with E-state index in [4.69, 9.17) is 0 Å². The van der Waals surface area contributed by atoms with E-state index in [0.29, 0.717) is 5.92 Å². The first kappa shape index (κ1) is 14.5. The van der Waals surface area contributed by atoms with Gasteiger partial charge in [-0.15, -0.1) is 5.10 Å². The fraction of sp³-hybridized carbons (Fsp3) is 0.857. The summed E-state index contributed by atoms with van der Waals surface area (Å²) in [6.45, 7) is 10.8. The molecule has 5 nitrogen and oxygen atoms in total. The van der Waals surface area contributed by atoms with E-state index in [1.54, 1.807) is 0 Å². The highest BCUT2D eigenvalue weighted by Gasteiger charge is 2.10. The summed E-state index contributed by atoms with van der Waals surface area (Å²) in [6.07, 6.45) is 6.16. The zero-order chi connectivity index (χ0) is 13.5. The number of rotatable bonds is 7. The SMILES string of the molecule is CC(C)CNCc1cn(CCN2CCCCC2)nn1. The molecule has 5 heteroatoms. The molecule has 0 aliphatic carbocycles. The molecule has 1 fully saturated rings. The second kappa shape index (κ2) is 7.60. The van der Waals surface area contributed by atoms with Gasteiger partial charge < -0.3 is 10.2 Å². The summed E-state index contributed by atoms with van der Waals surface area (Å²) in [5, 5.41) is 11.8. The Kier molecular flexibility index (Phi) is 5.79. The fourth-order valence-corrected chi connectivity index (χ4v) is 2.44. The lowest BCUT2D eigenvalue weighted by Crippen LogP contribution is -2.32. The van der Waals surface area contributed by atoms with Gasteiger partial charge in [-0.2, -0.15) is 0 Å². The summed E-state index contributed by atoms with van der Waals surface area (Å²) >= 11 is 0. The molecule has 1 aliphatic heterocycles. The van der Waals surface area contributed by atoms with Crippen LogP contribution in [0.1, 0.15) is 38.8 Å². The van der Waals surface area contributed by atoms with Crippen LogP contribution in [-0.2, 0) is 13.1 Å². The Morgan fingerprint density at radius 2 is 2.00 bits per heavy atom. The van der Waals surface area contributed by atoms with Gasteiger partial charge in [-0.25, -0.2) is 0 Å². The van der Waals surface area contributed by atoms with Crippen molar-refractivity contribution in [1.29, 1.82) is 0 Å². The molecule has 0 unspecified atom stereocenters. The molecule has 0 spiro atoms. The van der Waals surface area contributed by atoms with E-state index in [1.165, 1.54) is 32.4 Å². The second-order valence-electron chi connectivity index (χ2n) is 5.90. The number of aromatic nitrogens is 3. The molecule has 19 heavy (non-hydrogen) atoms. The third-order valence-corrected chi connectivity index (χ3v) is 3.54. The van der Waals surface area contributed by atoms with E-state index in [0.717, 1.165) is 31.9 Å². The van der Waals surface area contributed by atoms with E-state index >= 15 is 0 Å². The summed E-state index contributed by atoms with van der Waals surface area (Å²) in [6, 6.07) is 0. The Bertz CT molecular complexity index is 354. The lowest BCUT2D eigenvalue weighted by molar-refractivity contribution is 0.217. The molecule has 0 amide bonds.